The summed E-state index contributed by atoms with van der Waals surface area (Å²) in [5.41, 5.74) is 3.43. The van der Waals surface area contributed by atoms with Crippen LogP contribution < -0.4 is 14.8 Å². The van der Waals surface area contributed by atoms with E-state index in [9.17, 15) is 23.1 Å². The zero-order valence-corrected chi connectivity index (χ0v) is 30.5. The van der Waals surface area contributed by atoms with Crippen LogP contribution in [0.2, 0.25) is 0 Å². The minimum atomic E-state index is -4.23. The molecule has 0 saturated heterocycles. The number of carboxylic acid groups (broad SMARTS) is 1. The number of methoxy groups -OCH3 is 1. The summed E-state index contributed by atoms with van der Waals surface area (Å²) in [6.07, 6.45) is 5.60. The molecule has 0 radical (unpaired) electrons. The van der Waals surface area contributed by atoms with Gasteiger partial charge in [0.2, 0.25) is 11.8 Å². The zero-order valence-electron chi connectivity index (χ0n) is 28.9. The molecule has 1 atom stereocenters. The van der Waals surface area contributed by atoms with E-state index in [1.807, 2.05) is 32.0 Å². The van der Waals surface area contributed by atoms with Gasteiger partial charge in [0, 0.05) is 23.7 Å². The maximum atomic E-state index is 13.4. The highest BCUT2D eigenvalue weighted by molar-refractivity contribution is 7.92. The molecule has 49 heavy (non-hydrogen) atoms. The van der Waals surface area contributed by atoms with Crippen molar-refractivity contribution in [3.8, 4) is 17.1 Å². The van der Waals surface area contributed by atoms with Gasteiger partial charge in [-0.25, -0.2) is 22.9 Å². The van der Waals surface area contributed by atoms with E-state index >= 15 is 0 Å². The molecular formula is C36H47ClN4O7S. The molecule has 0 bridgehead atoms. The number of carbonyl (C=O) groups excluding carboxylic acids is 1. The minimum absolute atomic E-state index is 0. The smallest absolute Gasteiger partial charge is 0.335 e. The van der Waals surface area contributed by atoms with E-state index in [0.717, 1.165) is 61.3 Å². The topological polar surface area (TPSA) is 157 Å². The van der Waals surface area contributed by atoms with E-state index in [1.54, 1.807) is 6.07 Å². The molecule has 1 heterocycles. The third-order valence-corrected chi connectivity index (χ3v) is 10.8. The van der Waals surface area contributed by atoms with Crippen molar-refractivity contribution in [3.63, 3.8) is 0 Å². The maximum Gasteiger partial charge on any atom is 0.335 e. The molecule has 0 amide bonds. The number of aromatic nitrogens is 2. The fraction of sp³-hybridized carbons (Fsp3) is 0.500. The molecule has 2 aliphatic carbocycles. The first-order chi connectivity index (χ1) is 22.6. The third kappa shape index (κ3) is 9.29. The lowest BCUT2D eigenvalue weighted by molar-refractivity contribution is -0.159. The number of nitrogens with zero attached hydrogens (tertiary/aromatic N) is 2. The van der Waals surface area contributed by atoms with Crippen molar-refractivity contribution >= 4 is 40.3 Å². The fourth-order valence-corrected chi connectivity index (χ4v) is 7.95. The number of halogens is 1. The van der Waals surface area contributed by atoms with E-state index in [0.29, 0.717) is 18.3 Å². The molecule has 2 aromatic carbocycles. The third-order valence-electron chi connectivity index (χ3n) is 9.46. The largest absolute Gasteiger partial charge is 0.478 e. The van der Waals surface area contributed by atoms with Crippen LogP contribution in [0.25, 0.3) is 11.3 Å². The van der Waals surface area contributed by atoms with Gasteiger partial charge in [-0.3, -0.25) is 4.79 Å². The Bertz CT molecular complexity index is 1760. The number of aryl methyl sites for hydroxylation is 2. The van der Waals surface area contributed by atoms with Crippen molar-refractivity contribution < 1.29 is 32.6 Å². The molecular weight excluding hydrogens is 668 g/mol. The molecule has 13 heteroatoms. The van der Waals surface area contributed by atoms with E-state index in [-0.39, 0.29) is 63.5 Å². The average molecular weight is 715 g/mol. The van der Waals surface area contributed by atoms with Crippen molar-refractivity contribution in [2.45, 2.75) is 90.1 Å². The van der Waals surface area contributed by atoms with Gasteiger partial charge in [-0.2, -0.15) is 4.98 Å². The molecule has 1 aromatic heterocycles. The van der Waals surface area contributed by atoms with Gasteiger partial charge in [0.1, 0.15) is 6.61 Å². The van der Waals surface area contributed by atoms with Crippen LogP contribution in [-0.2, 0) is 19.6 Å². The number of hydrogen-bond donors (Lipinski definition) is 3. The number of hydrogen-bond acceptors (Lipinski definition) is 9. The number of anilines is 1. The normalized spacial score (nSPS) is 20.7. The molecule has 0 unspecified atom stereocenters. The monoisotopic (exact) mass is 714 g/mol. The van der Waals surface area contributed by atoms with Crippen molar-refractivity contribution in [2.75, 3.05) is 18.4 Å². The summed E-state index contributed by atoms with van der Waals surface area (Å²) in [7, 11) is -2.78. The van der Waals surface area contributed by atoms with E-state index in [4.69, 9.17) is 9.47 Å². The Balaban J connectivity index is 0.00000541. The van der Waals surface area contributed by atoms with Crippen LogP contribution >= 0.6 is 12.4 Å². The molecule has 3 N–H and O–H groups in total. The van der Waals surface area contributed by atoms with Gasteiger partial charge in [0.05, 0.1) is 29.2 Å². The standard InChI is InChI=1S/C36H46N4O7S.ClH/c1-22-9-7-10-23(2)31(22)29-16-30(39-34(38-29)40-48(44,45)28-12-8-11-24(15-28)32(41)42)47-21-26(13-14-35(3,4)5)37-27-19-36(20-27)17-25(18-36)33(43)46-6;/h7-12,15-16,25-27,37H,13-14,17-21H2,1-6H3,(H,41,42)(H,38,39,40);1H/t25?,26-,27?,36?;/m1./s1. The van der Waals surface area contributed by atoms with Crippen LogP contribution in [0.15, 0.2) is 53.4 Å². The maximum absolute atomic E-state index is 13.4. The summed E-state index contributed by atoms with van der Waals surface area (Å²) in [5, 5.41) is 13.2. The van der Waals surface area contributed by atoms with Crippen LogP contribution in [0.5, 0.6) is 5.88 Å². The Labute approximate surface area is 295 Å². The summed E-state index contributed by atoms with van der Waals surface area (Å²) < 4.78 is 40.4. The van der Waals surface area contributed by atoms with Crippen LogP contribution in [0.4, 0.5) is 5.95 Å². The second-order valence-electron chi connectivity index (χ2n) is 14.6. The molecule has 2 aliphatic rings. The van der Waals surface area contributed by atoms with Crippen molar-refractivity contribution in [1.82, 2.24) is 15.3 Å². The Morgan fingerprint density at radius 1 is 1.02 bits per heavy atom. The summed E-state index contributed by atoms with van der Waals surface area (Å²) in [6, 6.07) is 13.0. The first-order valence-corrected chi connectivity index (χ1v) is 17.8. The minimum Gasteiger partial charge on any atom is -0.478 e. The molecule has 0 aliphatic heterocycles. The van der Waals surface area contributed by atoms with Gasteiger partial charge in [-0.05, 0) is 92.5 Å². The van der Waals surface area contributed by atoms with Crippen LogP contribution in [0.3, 0.4) is 0 Å². The molecule has 3 aromatic rings. The molecule has 11 nitrogen and oxygen atoms in total. The first kappa shape index (κ1) is 38.1. The van der Waals surface area contributed by atoms with Crippen molar-refractivity contribution in [3.05, 3.63) is 65.2 Å². The number of carboxylic acids is 1. The van der Waals surface area contributed by atoms with Crippen LogP contribution in [0.1, 0.15) is 80.8 Å². The number of sulfonamides is 1. The molecule has 5 rings (SSSR count). The predicted octanol–water partition coefficient (Wildman–Crippen LogP) is 6.58. The summed E-state index contributed by atoms with van der Waals surface area (Å²) in [5.74, 6) is -1.31. The number of aromatic carboxylic acids is 1. The first-order valence-electron chi connectivity index (χ1n) is 16.3. The Morgan fingerprint density at radius 2 is 1.67 bits per heavy atom. The number of ether oxygens (including phenoxy) is 2. The molecule has 2 saturated carbocycles. The summed E-state index contributed by atoms with van der Waals surface area (Å²) in [4.78, 5) is 32.2. The lowest BCUT2D eigenvalue weighted by Crippen LogP contribution is -2.58. The average Bonchev–Trinajstić information content (AvgIpc) is 2.97. The molecule has 2 fully saturated rings. The number of benzene rings is 2. The van der Waals surface area contributed by atoms with Gasteiger partial charge in [0.15, 0.2) is 0 Å². The Morgan fingerprint density at radius 3 is 2.29 bits per heavy atom. The highest BCUT2D eigenvalue weighted by Gasteiger charge is 2.55. The second kappa shape index (κ2) is 15.0. The zero-order chi connectivity index (χ0) is 34.9. The second-order valence-corrected chi connectivity index (χ2v) is 16.3. The van der Waals surface area contributed by atoms with Gasteiger partial charge in [0.25, 0.3) is 10.0 Å². The van der Waals surface area contributed by atoms with Gasteiger partial charge < -0.3 is 19.9 Å². The summed E-state index contributed by atoms with van der Waals surface area (Å²) in [6.45, 7) is 10.8. The summed E-state index contributed by atoms with van der Waals surface area (Å²) >= 11 is 0. The lowest BCUT2D eigenvalue weighted by atomic mass is 9.50. The van der Waals surface area contributed by atoms with Gasteiger partial charge in [-0.15, -0.1) is 12.4 Å². The van der Waals surface area contributed by atoms with Gasteiger partial charge >= 0.3 is 11.9 Å². The van der Waals surface area contributed by atoms with Crippen LogP contribution in [0, 0.1) is 30.6 Å². The number of carbonyl (C=O) groups is 2. The highest BCUT2D eigenvalue weighted by atomic mass is 35.5. The van der Waals surface area contributed by atoms with Gasteiger partial charge in [-0.1, -0.05) is 45.0 Å². The SMILES string of the molecule is COC(=O)C1CC2(CC(N[C@H](CCC(C)(C)C)COc3cc(-c4c(C)cccc4C)nc(NS(=O)(=O)c4cccc(C(=O)O)c4)n3)C2)C1.Cl. The molecule has 266 valence electrons. The van der Waals surface area contributed by atoms with E-state index < -0.39 is 16.0 Å². The van der Waals surface area contributed by atoms with E-state index in [1.165, 1.54) is 25.3 Å². The lowest BCUT2D eigenvalue weighted by Gasteiger charge is -2.57. The number of rotatable bonds is 13. The fourth-order valence-electron chi connectivity index (χ4n) is 6.96. The quantitative estimate of drug-likeness (QED) is 0.165. The van der Waals surface area contributed by atoms with Crippen LogP contribution in [-0.4, -0.2) is 61.2 Å². The highest BCUT2D eigenvalue weighted by Crippen LogP contribution is 2.59. The molecule has 1 spiro atoms. The predicted molar refractivity (Wildman–Crippen MR) is 190 cm³/mol. The Kier molecular flexibility index (Phi) is 11.7. The van der Waals surface area contributed by atoms with E-state index in [2.05, 4.69) is 40.8 Å². The van der Waals surface area contributed by atoms with Crippen molar-refractivity contribution in [1.29, 1.82) is 0 Å². The van der Waals surface area contributed by atoms with Crippen molar-refractivity contribution in [2.24, 2.45) is 16.7 Å². The Hall–Kier alpha value is -3.74. The number of esters is 1. The number of nitrogens with one attached hydrogen (secondary N) is 2.